The van der Waals surface area contributed by atoms with Gasteiger partial charge in [-0.1, -0.05) is 12.1 Å². The molecule has 4 rings (SSSR count). The van der Waals surface area contributed by atoms with Crippen LogP contribution in [0.4, 0.5) is 5.82 Å². The number of carbonyl (C=O) groups is 1. The number of aryl methyl sites for hydroxylation is 1. The Morgan fingerprint density at radius 1 is 1.19 bits per heavy atom. The fourth-order valence-corrected chi connectivity index (χ4v) is 3.31. The Balaban J connectivity index is 1.62. The van der Waals surface area contributed by atoms with Gasteiger partial charge in [0.1, 0.15) is 0 Å². The molecule has 3 heterocycles. The SMILES string of the molecule is C=NC(=O)Cc1ccc2c(cnn2-n2c(C)cnc(NCCc3ccccn3)c2=O)c1. The lowest BCUT2D eigenvalue weighted by atomic mass is 10.1. The fourth-order valence-electron chi connectivity index (χ4n) is 3.31. The number of aliphatic imine (C=N–C) groups is 1. The van der Waals surface area contributed by atoms with Gasteiger partial charge >= 0.3 is 5.56 Å². The maximum Gasteiger partial charge on any atom is 0.313 e. The summed E-state index contributed by atoms with van der Waals surface area (Å²) in [4.78, 5) is 38.2. The van der Waals surface area contributed by atoms with E-state index in [9.17, 15) is 9.59 Å². The van der Waals surface area contributed by atoms with Gasteiger partial charge in [0, 0.05) is 30.2 Å². The van der Waals surface area contributed by atoms with E-state index in [-0.39, 0.29) is 23.7 Å². The normalized spacial score (nSPS) is 10.9. The van der Waals surface area contributed by atoms with Crippen LogP contribution in [0.1, 0.15) is 17.0 Å². The number of pyridine rings is 1. The van der Waals surface area contributed by atoms with Crippen LogP contribution in [-0.4, -0.2) is 43.7 Å². The molecule has 1 amide bonds. The van der Waals surface area contributed by atoms with E-state index in [0.717, 1.165) is 22.2 Å². The highest BCUT2D eigenvalue weighted by molar-refractivity contribution is 5.85. The van der Waals surface area contributed by atoms with Crippen molar-refractivity contribution in [3.63, 3.8) is 0 Å². The molecule has 9 heteroatoms. The Morgan fingerprint density at radius 2 is 2.06 bits per heavy atom. The number of hydrogen-bond acceptors (Lipinski definition) is 6. The summed E-state index contributed by atoms with van der Waals surface area (Å²) in [6, 6.07) is 11.2. The highest BCUT2D eigenvalue weighted by Crippen LogP contribution is 2.17. The highest BCUT2D eigenvalue weighted by Gasteiger charge is 2.13. The first kappa shape index (κ1) is 20.1. The van der Waals surface area contributed by atoms with Crippen LogP contribution < -0.4 is 10.9 Å². The van der Waals surface area contributed by atoms with Crippen molar-refractivity contribution in [3.05, 3.63) is 82.3 Å². The molecule has 0 saturated carbocycles. The third-order valence-electron chi connectivity index (χ3n) is 4.84. The molecule has 0 radical (unpaired) electrons. The van der Waals surface area contributed by atoms with Crippen molar-refractivity contribution in [1.82, 2.24) is 24.5 Å². The van der Waals surface area contributed by atoms with Crippen molar-refractivity contribution in [2.75, 3.05) is 11.9 Å². The number of nitrogens with one attached hydrogen (secondary N) is 1. The summed E-state index contributed by atoms with van der Waals surface area (Å²) in [6.07, 6.45) is 5.86. The predicted octanol–water partition coefficient (Wildman–Crippen LogP) is 2.03. The first-order valence-electron chi connectivity index (χ1n) is 9.76. The van der Waals surface area contributed by atoms with E-state index in [1.165, 1.54) is 9.47 Å². The Morgan fingerprint density at radius 3 is 2.84 bits per heavy atom. The summed E-state index contributed by atoms with van der Waals surface area (Å²) in [7, 11) is 0. The minimum atomic E-state index is -0.305. The number of fused-ring (bicyclic) bond motifs is 1. The number of anilines is 1. The van der Waals surface area contributed by atoms with Gasteiger partial charge in [-0.15, -0.1) is 0 Å². The number of benzene rings is 1. The van der Waals surface area contributed by atoms with Crippen LogP contribution in [0.5, 0.6) is 0 Å². The second-order valence-electron chi connectivity index (χ2n) is 7.02. The molecule has 0 atom stereocenters. The lowest BCUT2D eigenvalue weighted by Gasteiger charge is -2.13. The minimum absolute atomic E-state index is 0.170. The Labute approximate surface area is 178 Å². The number of hydrogen-bond donors (Lipinski definition) is 1. The second-order valence-corrected chi connectivity index (χ2v) is 7.02. The lowest BCUT2D eigenvalue weighted by Crippen LogP contribution is -2.32. The van der Waals surface area contributed by atoms with Crippen LogP contribution in [0.15, 0.2) is 64.8 Å². The van der Waals surface area contributed by atoms with Crippen molar-refractivity contribution in [3.8, 4) is 0 Å². The average molecular weight is 415 g/mol. The predicted molar refractivity (Wildman–Crippen MR) is 118 cm³/mol. The summed E-state index contributed by atoms with van der Waals surface area (Å²) >= 11 is 0. The van der Waals surface area contributed by atoms with Crippen molar-refractivity contribution >= 4 is 29.3 Å². The lowest BCUT2D eigenvalue weighted by molar-refractivity contribution is -0.117. The molecule has 156 valence electrons. The topological polar surface area (TPSA) is 107 Å². The number of amides is 1. The smallest absolute Gasteiger partial charge is 0.313 e. The van der Waals surface area contributed by atoms with Crippen LogP contribution in [-0.2, 0) is 17.6 Å². The van der Waals surface area contributed by atoms with Crippen LogP contribution in [0, 0.1) is 6.92 Å². The molecule has 1 N–H and O–H groups in total. The molecule has 31 heavy (non-hydrogen) atoms. The van der Waals surface area contributed by atoms with E-state index in [1.54, 1.807) is 25.5 Å². The second kappa shape index (κ2) is 8.70. The summed E-state index contributed by atoms with van der Waals surface area (Å²) in [6.45, 7) is 5.58. The fraction of sp³-hybridized carbons (Fsp3) is 0.182. The number of nitrogens with zero attached hydrogens (tertiary/aromatic N) is 6. The quantitative estimate of drug-likeness (QED) is 0.463. The minimum Gasteiger partial charge on any atom is -0.365 e. The molecule has 0 aliphatic heterocycles. The number of carbonyl (C=O) groups excluding carboxylic acids is 1. The van der Waals surface area contributed by atoms with E-state index in [4.69, 9.17) is 0 Å². The van der Waals surface area contributed by atoms with Gasteiger partial charge in [0.15, 0.2) is 5.82 Å². The van der Waals surface area contributed by atoms with E-state index >= 15 is 0 Å². The Bertz CT molecular complexity index is 1310. The molecule has 0 aliphatic rings. The maximum absolute atomic E-state index is 13.1. The summed E-state index contributed by atoms with van der Waals surface area (Å²) in [5.41, 5.74) is 2.81. The number of rotatable bonds is 7. The van der Waals surface area contributed by atoms with Gasteiger partial charge in [0.2, 0.25) is 5.91 Å². The summed E-state index contributed by atoms with van der Waals surface area (Å²) < 4.78 is 1.47. The van der Waals surface area contributed by atoms with Gasteiger partial charge in [-0.3, -0.25) is 14.6 Å². The van der Waals surface area contributed by atoms with E-state index < -0.39 is 0 Å². The van der Waals surface area contributed by atoms with Crippen molar-refractivity contribution in [2.45, 2.75) is 19.8 Å². The van der Waals surface area contributed by atoms with Gasteiger partial charge in [0.05, 0.1) is 30.0 Å². The first-order valence-corrected chi connectivity index (χ1v) is 9.76. The molecule has 0 fully saturated rings. The molecule has 1 aromatic carbocycles. The van der Waals surface area contributed by atoms with Crippen LogP contribution in [0.2, 0.25) is 0 Å². The van der Waals surface area contributed by atoms with Crippen LogP contribution in [0.3, 0.4) is 0 Å². The number of aromatic nitrogens is 5. The van der Waals surface area contributed by atoms with E-state index in [2.05, 4.69) is 32.1 Å². The maximum atomic E-state index is 13.1. The highest BCUT2D eigenvalue weighted by atomic mass is 16.1. The van der Waals surface area contributed by atoms with Crippen molar-refractivity contribution in [2.24, 2.45) is 4.99 Å². The molecule has 0 bridgehead atoms. The summed E-state index contributed by atoms with van der Waals surface area (Å²) in [5.74, 6) is -0.0567. The molecule has 0 unspecified atom stereocenters. The molecular weight excluding hydrogens is 394 g/mol. The van der Waals surface area contributed by atoms with Crippen LogP contribution in [0.25, 0.3) is 10.9 Å². The molecule has 0 saturated heterocycles. The van der Waals surface area contributed by atoms with Gasteiger partial charge in [-0.05, 0) is 43.5 Å². The summed E-state index contributed by atoms with van der Waals surface area (Å²) in [5, 5.41) is 8.29. The zero-order valence-corrected chi connectivity index (χ0v) is 17.0. The molecular formula is C22H21N7O2. The molecule has 4 aromatic rings. The monoisotopic (exact) mass is 415 g/mol. The Hall–Kier alpha value is -4.14. The van der Waals surface area contributed by atoms with Gasteiger partial charge in [0.25, 0.3) is 0 Å². The third kappa shape index (κ3) is 4.25. The molecule has 0 aliphatic carbocycles. The molecule has 0 spiro atoms. The first-order chi connectivity index (χ1) is 15.1. The molecule has 3 aromatic heterocycles. The van der Waals surface area contributed by atoms with Gasteiger partial charge in [-0.25, -0.2) is 9.98 Å². The molecule has 9 nitrogen and oxygen atoms in total. The van der Waals surface area contributed by atoms with Crippen LogP contribution >= 0.6 is 0 Å². The zero-order valence-electron chi connectivity index (χ0n) is 17.0. The van der Waals surface area contributed by atoms with Crippen molar-refractivity contribution in [1.29, 1.82) is 0 Å². The van der Waals surface area contributed by atoms with Gasteiger partial charge in [-0.2, -0.15) is 14.6 Å². The largest absolute Gasteiger partial charge is 0.365 e. The van der Waals surface area contributed by atoms with Crippen molar-refractivity contribution < 1.29 is 4.79 Å². The zero-order chi connectivity index (χ0) is 21.8. The van der Waals surface area contributed by atoms with E-state index in [0.29, 0.717) is 18.7 Å². The Kier molecular flexibility index (Phi) is 5.65. The standard InChI is InChI=1S/C22H21N7O2/c1-15-13-26-21(25-10-8-18-5-3-4-9-24-18)22(31)28(15)29-19-7-6-16(12-20(30)23-2)11-17(19)14-27-29/h3-7,9,11,13-14H,2,8,10,12H2,1H3,(H,25,26). The van der Waals surface area contributed by atoms with Gasteiger partial charge < -0.3 is 5.32 Å². The van der Waals surface area contributed by atoms with E-state index in [1.807, 2.05) is 36.4 Å². The third-order valence-corrected chi connectivity index (χ3v) is 4.84. The average Bonchev–Trinajstić information content (AvgIpc) is 3.19.